The molecule has 0 spiro atoms. The number of amides is 1. The van der Waals surface area contributed by atoms with Crippen LogP contribution < -0.4 is 16.0 Å². The van der Waals surface area contributed by atoms with E-state index in [9.17, 15) is 4.79 Å². The van der Waals surface area contributed by atoms with Gasteiger partial charge < -0.3 is 16.0 Å². The summed E-state index contributed by atoms with van der Waals surface area (Å²) in [6.45, 7) is 3.40. The molecule has 1 amide bonds. The van der Waals surface area contributed by atoms with E-state index in [0.717, 1.165) is 24.3 Å². The number of nitrogens with two attached hydrogens (primary N) is 1. The van der Waals surface area contributed by atoms with Gasteiger partial charge in [0.05, 0.1) is 11.3 Å². The van der Waals surface area contributed by atoms with Gasteiger partial charge in [0.15, 0.2) is 0 Å². The molecule has 0 aromatic heterocycles. The van der Waals surface area contributed by atoms with Crippen molar-refractivity contribution in [1.82, 2.24) is 5.32 Å². The number of hydrogen-bond donors (Lipinski definition) is 2. The Labute approximate surface area is 124 Å². The zero-order chi connectivity index (χ0) is 14.8. The maximum atomic E-state index is 12.3. The number of nitrogen functional groups attached to an aromatic ring is 1. The highest BCUT2D eigenvalue weighted by molar-refractivity contribution is 6.01. The van der Waals surface area contributed by atoms with Crippen LogP contribution in [0.15, 0.2) is 42.5 Å². The second-order valence-electron chi connectivity index (χ2n) is 5.17. The van der Waals surface area contributed by atoms with E-state index in [4.69, 9.17) is 5.73 Å². The Kier molecular flexibility index (Phi) is 3.52. The average Bonchev–Trinajstić information content (AvgIpc) is 2.91. The minimum atomic E-state index is -0.0584. The topological polar surface area (TPSA) is 58.4 Å². The van der Waals surface area contributed by atoms with Crippen LogP contribution >= 0.6 is 0 Å². The normalized spacial score (nSPS) is 13.1. The van der Waals surface area contributed by atoms with E-state index in [1.165, 1.54) is 5.56 Å². The SMILES string of the molecule is CCNC(=O)c1ccc(N)cc1N1CCc2ccccc21. The Morgan fingerprint density at radius 2 is 2.05 bits per heavy atom. The highest BCUT2D eigenvalue weighted by atomic mass is 16.1. The fraction of sp³-hybridized carbons (Fsp3) is 0.235. The molecule has 0 atom stereocenters. The number of nitrogens with zero attached hydrogens (tertiary/aromatic N) is 1. The molecule has 3 N–H and O–H groups in total. The number of carbonyl (C=O) groups excluding carboxylic acids is 1. The zero-order valence-electron chi connectivity index (χ0n) is 12.1. The van der Waals surface area contributed by atoms with Gasteiger partial charge in [-0.3, -0.25) is 4.79 Å². The average molecular weight is 281 g/mol. The van der Waals surface area contributed by atoms with Gasteiger partial charge in [-0.05, 0) is 43.2 Å². The fourth-order valence-corrected chi connectivity index (χ4v) is 2.81. The molecule has 0 aliphatic carbocycles. The number of para-hydroxylation sites is 1. The molecule has 108 valence electrons. The Balaban J connectivity index is 2.06. The predicted octanol–water partition coefficient (Wildman–Crippen LogP) is 2.71. The molecule has 2 aromatic rings. The van der Waals surface area contributed by atoms with E-state index in [1.54, 1.807) is 12.1 Å². The van der Waals surface area contributed by atoms with Gasteiger partial charge in [0.25, 0.3) is 5.91 Å². The van der Waals surface area contributed by atoms with E-state index in [-0.39, 0.29) is 5.91 Å². The lowest BCUT2D eigenvalue weighted by atomic mass is 10.1. The van der Waals surface area contributed by atoms with Crippen LogP contribution in [-0.4, -0.2) is 19.0 Å². The quantitative estimate of drug-likeness (QED) is 0.850. The first-order valence-electron chi connectivity index (χ1n) is 7.24. The lowest BCUT2D eigenvalue weighted by Crippen LogP contribution is -2.26. The van der Waals surface area contributed by atoms with Crippen LogP contribution in [0, 0.1) is 0 Å². The van der Waals surface area contributed by atoms with Crippen LogP contribution in [0.2, 0.25) is 0 Å². The van der Waals surface area contributed by atoms with Crippen molar-refractivity contribution in [2.45, 2.75) is 13.3 Å². The van der Waals surface area contributed by atoms with Crippen molar-refractivity contribution < 1.29 is 4.79 Å². The molecule has 0 saturated carbocycles. The summed E-state index contributed by atoms with van der Waals surface area (Å²) in [7, 11) is 0. The Bertz CT molecular complexity index is 681. The summed E-state index contributed by atoms with van der Waals surface area (Å²) in [5.74, 6) is -0.0584. The molecule has 21 heavy (non-hydrogen) atoms. The third-order valence-corrected chi connectivity index (χ3v) is 3.78. The second-order valence-corrected chi connectivity index (χ2v) is 5.17. The number of anilines is 3. The molecule has 1 aliphatic heterocycles. The van der Waals surface area contributed by atoms with Crippen molar-refractivity contribution in [2.24, 2.45) is 0 Å². The van der Waals surface area contributed by atoms with Gasteiger partial charge in [-0.1, -0.05) is 18.2 Å². The summed E-state index contributed by atoms with van der Waals surface area (Å²) in [4.78, 5) is 14.4. The van der Waals surface area contributed by atoms with Crippen molar-refractivity contribution >= 4 is 23.0 Å². The van der Waals surface area contributed by atoms with Gasteiger partial charge in [0.2, 0.25) is 0 Å². The smallest absolute Gasteiger partial charge is 0.253 e. The monoisotopic (exact) mass is 281 g/mol. The highest BCUT2D eigenvalue weighted by Gasteiger charge is 2.24. The summed E-state index contributed by atoms with van der Waals surface area (Å²) in [5.41, 5.74) is 10.6. The number of hydrogen-bond acceptors (Lipinski definition) is 3. The Morgan fingerprint density at radius 3 is 2.86 bits per heavy atom. The second kappa shape index (κ2) is 5.48. The van der Waals surface area contributed by atoms with Gasteiger partial charge in [-0.2, -0.15) is 0 Å². The summed E-state index contributed by atoms with van der Waals surface area (Å²) in [6, 6.07) is 13.8. The van der Waals surface area contributed by atoms with Gasteiger partial charge in [-0.25, -0.2) is 0 Å². The van der Waals surface area contributed by atoms with E-state index in [1.807, 2.05) is 25.1 Å². The van der Waals surface area contributed by atoms with Crippen molar-refractivity contribution in [3.05, 3.63) is 53.6 Å². The van der Waals surface area contributed by atoms with Gasteiger partial charge in [0, 0.05) is 24.5 Å². The molecule has 0 radical (unpaired) electrons. The largest absolute Gasteiger partial charge is 0.399 e. The lowest BCUT2D eigenvalue weighted by Gasteiger charge is -2.23. The van der Waals surface area contributed by atoms with E-state index >= 15 is 0 Å². The maximum absolute atomic E-state index is 12.3. The molecule has 0 unspecified atom stereocenters. The van der Waals surface area contributed by atoms with E-state index in [2.05, 4.69) is 22.3 Å². The van der Waals surface area contributed by atoms with Crippen molar-refractivity contribution in [1.29, 1.82) is 0 Å². The summed E-state index contributed by atoms with van der Waals surface area (Å²) < 4.78 is 0. The maximum Gasteiger partial charge on any atom is 0.253 e. The van der Waals surface area contributed by atoms with Crippen molar-refractivity contribution in [2.75, 3.05) is 23.7 Å². The van der Waals surface area contributed by atoms with Crippen LogP contribution in [0.1, 0.15) is 22.8 Å². The summed E-state index contributed by atoms with van der Waals surface area (Å²) in [5, 5.41) is 2.86. The Morgan fingerprint density at radius 1 is 1.24 bits per heavy atom. The number of benzene rings is 2. The summed E-state index contributed by atoms with van der Waals surface area (Å²) >= 11 is 0. The highest BCUT2D eigenvalue weighted by Crippen LogP contribution is 2.36. The standard InChI is InChI=1S/C17H19N3O/c1-2-19-17(21)14-8-7-13(18)11-16(14)20-10-9-12-5-3-4-6-15(12)20/h3-8,11H,2,9-10,18H2,1H3,(H,19,21). The van der Waals surface area contributed by atoms with Crippen LogP contribution in [-0.2, 0) is 6.42 Å². The molecule has 3 rings (SSSR count). The van der Waals surface area contributed by atoms with Crippen LogP contribution in [0.5, 0.6) is 0 Å². The molecule has 1 heterocycles. The molecule has 2 aromatic carbocycles. The summed E-state index contributed by atoms with van der Waals surface area (Å²) in [6.07, 6.45) is 0.986. The minimum Gasteiger partial charge on any atom is -0.399 e. The molecular formula is C17H19N3O. The molecule has 4 heteroatoms. The van der Waals surface area contributed by atoms with Crippen LogP contribution in [0.4, 0.5) is 17.1 Å². The van der Waals surface area contributed by atoms with Gasteiger partial charge >= 0.3 is 0 Å². The molecule has 4 nitrogen and oxygen atoms in total. The van der Waals surface area contributed by atoms with Crippen molar-refractivity contribution in [3.8, 4) is 0 Å². The number of rotatable bonds is 3. The van der Waals surface area contributed by atoms with E-state index < -0.39 is 0 Å². The minimum absolute atomic E-state index is 0.0584. The predicted molar refractivity (Wildman–Crippen MR) is 86.0 cm³/mol. The first-order chi connectivity index (χ1) is 10.2. The van der Waals surface area contributed by atoms with Crippen LogP contribution in [0.25, 0.3) is 0 Å². The van der Waals surface area contributed by atoms with E-state index in [0.29, 0.717) is 17.8 Å². The van der Waals surface area contributed by atoms with Gasteiger partial charge in [0.1, 0.15) is 0 Å². The molecule has 0 saturated heterocycles. The zero-order valence-corrected chi connectivity index (χ0v) is 12.1. The van der Waals surface area contributed by atoms with Crippen molar-refractivity contribution in [3.63, 3.8) is 0 Å². The first kappa shape index (κ1) is 13.5. The van der Waals surface area contributed by atoms with Gasteiger partial charge in [-0.15, -0.1) is 0 Å². The number of fused-ring (bicyclic) bond motifs is 1. The third-order valence-electron chi connectivity index (χ3n) is 3.78. The fourth-order valence-electron chi connectivity index (χ4n) is 2.81. The lowest BCUT2D eigenvalue weighted by molar-refractivity contribution is 0.0956. The Hall–Kier alpha value is -2.49. The first-order valence-corrected chi connectivity index (χ1v) is 7.24. The molecule has 0 fully saturated rings. The number of nitrogens with one attached hydrogen (secondary N) is 1. The molecular weight excluding hydrogens is 262 g/mol. The number of carbonyl (C=O) groups is 1. The van der Waals surface area contributed by atoms with Crippen LogP contribution in [0.3, 0.4) is 0 Å². The third kappa shape index (κ3) is 2.44. The molecule has 1 aliphatic rings. The molecule has 0 bridgehead atoms.